The molecule has 8 heteroatoms. The maximum atomic E-state index is 12.4. The second-order valence-electron chi connectivity index (χ2n) is 5.51. The van der Waals surface area contributed by atoms with Gasteiger partial charge in [0.25, 0.3) is 0 Å². The third-order valence-corrected chi connectivity index (χ3v) is 4.40. The number of hydrogen-bond donors (Lipinski definition) is 2. The normalized spacial score (nSPS) is 12.4. The first-order valence-electron chi connectivity index (χ1n) is 7.68. The minimum atomic E-state index is -0.169. The molecule has 3 rings (SSSR count). The van der Waals surface area contributed by atoms with E-state index in [1.165, 1.54) is 0 Å². The van der Waals surface area contributed by atoms with Crippen molar-refractivity contribution >= 4 is 28.7 Å². The van der Waals surface area contributed by atoms with Gasteiger partial charge in [0.1, 0.15) is 17.2 Å². The van der Waals surface area contributed by atoms with Crippen molar-refractivity contribution in [1.82, 2.24) is 25.6 Å². The number of carbonyl (C=O) groups is 1. The predicted molar refractivity (Wildman–Crippen MR) is 92.7 cm³/mol. The third-order valence-electron chi connectivity index (χ3n) is 3.76. The van der Waals surface area contributed by atoms with Gasteiger partial charge < -0.3 is 10.3 Å². The topological polar surface area (TPSA) is 96.7 Å². The lowest BCUT2D eigenvalue weighted by molar-refractivity contribution is -0.121. The van der Waals surface area contributed by atoms with Gasteiger partial charge >= 0.3 is 0 Å². The van der Waals surface area contributed by atoms with Crippen molar-refractivity contribution in [1.29, 1.82) is 0 Å². The zero-order valence-electron chi connectivity index (χ0n) is 13.6. The number of nitrogens with one attached hydrogen (secondary N) is 2. The summed E-state index contributed by atoms with van der Waals surface area (Å²) in [6.45, 7) is 1.77. The summed E-state index contributed by atoms with van der Waals surface area (Å²) in [5.41, 5.74) is 3.05. The van der Waals surface area contributed by atoms with Crippen LogP contribution in [-0.4, -0.2) is 38.2 Å². The van der Waals surface area contributed by atoms with Gasteiger partial charge in [-0.3, -0.25) is 4.79 Å². The second kappa shape index (κ2) is 7.48. The van der Waals surface area contributed by atoms with E-state index in [2.05, 4.69) is 30.2 Å². The standard InChI is InChI=1S/C16H19N5O2S/c1-10-14(21-23-20-10)9-15(22)17-13(7-8-24-2)16-18-11-5-3-4-6-12(11)19-16/h3-6,13H,7-9H2,1-2H3,(H,17,22)(H,18,19)/t13-/m0/s1. The maximum absolute atomic E-state index is 12.4. The number of aryl methyl sites for hydroxylation is 1. The van der Waals surface area contributed by atoms with Gasteiger partial charge in [-0.05, 0) is 37.5 Å². The number of hydrogen-bond acceptors (Lipinski definition) is 6. The first kappa shape index (κ1) is 16.5. The van der Waals surface area contributed by atoms with Gasteiger partial charge in [0, 0.05) is 0 Å². The van der Waals surface area contributed by atoms with Crippen molar-refractivity contribution in [3.63, 3.8) is 0 Å². The van der Waals surface area contributed by atoms with Crippen molar-refractivity contribution < 1.29 is 9.42 Å². The molecule has 2 N–H and O–H groups in total. The van der Waals surface area contributed by atoms with Crippen LogP contribution in [0.3, 0.4) is 0 Å². The van der Waals surface area contributed by atoms with Crippen LogP contribution >= 0.6 is 11.8 Å². The lowest BCUT2D eigenvalue weighted by Crippen LogP contribution is -2.31. The van der Waals surface area contributed by atoms with Gasteiger partial charge in [-0.1, -0.05) is 22.4 Å². The smallest absolute Gasteiger partial charge is 0.226 e. The lowest BCUT2D eigenvalue weighted by atomic mass is 10.2. The lowest BCUT2D eigenvalue weighted by Gasteiger charge is -2.16. The molecule has 126 valence electrons. The number of nitrogens with zero attached hydrogens (tertiary/aromatic N) is 3. The van der Waals surface area contributed by atoms with Crippen LogP contribution in [0.5, 0.6) is 0 Å². The van der Waals surface area contributed by atoms with E-state index in [1.807, 2.05) is 30.5 Å². The van der Waals surface area contributed by atoms with Crippen molar-refractivity contribution in [2.45, 2.75) is 25.8 Å². The second-order valence-corrected chi connectivity index (χ2v) is 6.50. The van der Waals surface area contributed by atoms with E-state index in [0.717, 1.165) is 29.0 Å². The van der Waals surface area contributed by atoms with Crippen LogP contribution in [0, 0.1) is 6.92 Å². The van der Waals surface area contributed by atoms with Crippen LogP contribution in [0.4, 0.5) is 0 Å². The zero-order valence-corrected chi connectivity index (χ0v) is 14.4. The number of aromatic amines is 1. The van der Waals surface area contributed by atoms with E-state index >= 15 is 0 Å². The first-order chi connectivity index (χ1) is 11.7. The van der Waals surface area contributed by atoms with Crippen LogP contribution in [0.15, 0.2) is 28.9 Å². The molecule has 2 aromatic heterocycles. The van der Waals surface area contributed by atoms with E-state index in [9.17, 15) is 4.79 Å². The summed E-state index contributed by atoms with van der Waals surface area (Å²) in [6, 6.07) is 7.66. The molecule has 0 spiro atoms. The summed E-state index contributed by atoms with van der Waals surface area (Å²) in [4.78, 5) is 20.3. The number of aromatic nitrogens is 4. The molecular weight excluding hydrogens is 326 g/mol. The number of rotatable bonds is 7. The number of fused-ring (bicyclic) bond motifs is 1. The molecule has 0 aliphatic carbocycles. The van der Waals surface area contributed by atoms with E-state index in [1.54, 1.807) is 18.7 Å². The minimum Gasteiger partial charge on any atom is -0.346 e. The number of thioether (sulfide) groups is 1. The van der Waals surface area contributed by atoms with Crippen molar-refractivity contribution in [3.05, 3.63) is 41.5 Å². The molecule has 2 heterocycles. The highest BCUT2D eigenvalue weighted by Crippen LogP contribution is 2.20. The van der Waals surface area contributed by atoms with Gasteiger partial charge in [-0.25, -0.2) is 9.61 Å². The van der Waals surface area contributed by atoms with Crippen LogP contribution in [0.2, 0.25) is 0 Å². The van der Waals surface area contributed by atoms with Gasteiger partial charge in [0.15, 0.2) is 0 Å². The number of carbonyl (C=O) groups excluding carboxylic acids is 1. The molecule has 1 atom stereocenters. The Kier molecular flexibility index (Phi) is 5.14. The Morgan fingerprint density at radius 1 is 1.38 bits per heavy atom. The molecule has 0 saturated carbocycles. The largest absolute Gasteiger partial charge is 0.346 e. The summed E-state index contributed by atoms with van der Waals surface area (Å²) < 4.78 is 4.64. The van der Waals surface area contributed by atoms with Gasteiger partial charge in [-0.2, -0.15) is 11.8 Å². The first-order valence-corrected chi connectivity index (χ1v) is 9.07. The molecule has 7 nitrogen and oxygen atoms in total. The van der Waals surface area contributed by atoms with Crippen molar-refractivity contribution in [2.75, 3.05) is 12.0 Å². The van der Waals surface area contributed by atoms with Gasteiger partial charge in [0.2, 0.25) is 5.91 Å². The molecule has 0 saturated heterocycles. The van der Waals surface area contributed by atoms with E-state index in [-0.39, 0.29) is 18.4 Å². The van der Waals surface area contributed by atoms with Crippen LogP contribution in [0.1, 0.15) is 29.7 Å². The fourth-order valence-corrected chi connectivity index (χ4v) is 2.93. The number of benzene rings is 1. The summed E-state index contributed by atoms with van der Waals surface area (Å²) in [5.74, 6) is 1.57. The average molecular weight is 345 g/mol. The number of imidazole rings is 1. The van der Waals surface area contributed by atoms with Gasteiger partial charge in [0.05, 0.1) is 23.5 Å². The summed E-state index contributed by atoms with van der Waals surface area (Å²) in [7, 11) is 0. The Balaban J connectivity index is 1.75. The predicted octanol–water partition coefficient (Wildman–Crippen LogP) is 2.41. The number of para-hydroxylation sites is 2. The molecule has 0 radical (unpaired) electrons. The van der Waals surface area contributed by atoms with Crippen LogP contribution < -0.4 is 5.32 Å². The molecule has 0 aliphatic heterocycles. The summed E-state index contributed by atoms with van der Waals surface area (Å²) in [5, 5.41) is 10.5. The highest BCUT2D eigenvalue weighted by molar-refractivity contribution is 7.98. The Labute approximate surface area is 143 Å². The SMILES string of the molecule is CSCC[C@H](NC(=O)Cc1nonc1C)c1nc2ccccc2[nH]1. The maximum Gasteiger partial charge on any atom is 0.226 e. The monoisotopic (exact) mass is 345 g/mol. The molecule has 0 unspecified atom stereocenters. The van der Waals surface area contributed by atoms with E-state index in [0.29, 0.717) is 11.4 Å². The Hall–Kier alpha value is -2.35. The highest BCUT2D eigenvalue weighted by Gasteiger charge is 2.19. The average Bonchev–Trinajstić information content (AvgIpc) is 3.17. The molecule has 24 heavy (non-hydrogen) atoms. The summed E-state index contributed by atoms with van der Waals surface area (Å²) >= 11 is 1.74. The number of amides is 1. The number of H-pyrrole nitrogens is 1. The molecule has 0 aliphatic rings. The Morgan fingerprint density at radius 3 is 2.92 bits per heavy atom. The Bertz CT molecular complexity index is 796. The van der Waals surface area contributed by atoms with Crippen molar-refractivity contribution in [2.24, 2.45) is 0 Å². The van der Waals surface area contributed by atoms with Gasteiger partial charge in [-0.15, -0.1) is 0 Å². The highest BCUT2D eigenvalue weighted by atomic mass is 32.2. The summed E-state index contributed by atoms with van der Waals surface area (Å²) in [6.07, 6.45) is 2.98. The third kappa shape index (κ3) is 3.76. The van der Waals surface area contributed by atoms with Crippen molar-refractivity contribution in [3.8, 4) is 0 Å². The van der Waals surface area contributed by atoms with E-state index < -0.39 is 0 Å². The molecule has 1 amide bonds. The van der Waals surface area contributed by atoms with Crippen LogP contribution in [0.25, 0.3) is 11.0 Å². The Morgan fingerprint density at radius 2 is 2.21 bits per heavy atom. The zero-order chi connectivity index (χ0) is 16.9. The fourth-order valence-electron chi connectivity index (χ4n) is 2.46. The minimum absolute atomic E-state index is 0.125. The molecule has 3 aromatic rings. The molecule has 1 aromatic carbocycles. The molecule has 0 bridgehead atoms. The molecule has 0 fully saturated rings. The van der Waals surface area contributed by atoms with Crippen LogP contribution in [-0.2, 0) is 11.2 Å². The fraction of sp³-hybridized carbons (Fsp3) is 0.375. The quantitative estimate of drug-likeness (QED) is 0.682. The van der Waals surface area contributed by atoms with E-state index in [4.69, 9.17) is 0 Å². The molecular formula is C16H19N5O2S.